The third-order valence-electron chi connectivity index (χ3n) is 2.19. The first-order valence-corrected chi connectivity index (χ1v) is 4.51. The Balaban J connectivity index is 2.49. The van der Waals surface area contributed by atoms with Gasteiger partial charge in [0.05, 0.1) is 18.5 Å². The molecule has 0 saturated carbocycles. The Labute approximate surface area is 82.4 Å². The molecule has 0 aliphatic rings. The Kier molecular flexibility index (Phi) is 2.33. The summed E-state index contributed by atoms with van der Waals surface area (Å²) in [4.78, 5) is 0. The lowest BCUT2D eigenvalue weighted by Gasteiger charge is -2.01. The van der Waals surface area contributed by atoms with E-state index in [-0.39, 0.29) is 6.61 Å². The minimum absolute atomic E-state index is 0.0137. The van der Waals surface area contributed by atoms with Crippen molar-refractivity contribution >= 4 is 0 Å². The summed E-state index contributed by atoms with van der Waals surface area (Å²) in [6.45, 7) is 2.05. The summed E-state index contributed by atoms with van der Waals surface area (Å²) in [5.74, 6) is 0. The number of hydrogen-bond donors (Lipinski definition) is 2. The number of benzene rings is 1. The molecule has 3 nitrogen and oxygen atoms in total. The number of nitrogens with one attached hydrogen (secondary N) is 1. The van der Waals surface area contributed by atoms with Crippen molar-refractivity contribution < 1.29 is 5.11 Å². The van der Waals surface area contributed by atoms with Gasteiger partial charge in [-0.2, -0.15) is 5.10 Å². The highest BCUT2D eigenvalue weighted by molar-refractivity contribution is 5.63. The number of H-pyrrole nitrogens is 1. The molecule has 0 amide bonds. The SMILES string of the molecule is Cc1cccc(-c2[nH]ncc2CO)c1. The van der Waals surface area contributed by atoms with Gasteiger partial charge >= 0.3 is 0 Å². The van der Waals surface area contributed by atoms with Crippen LogP contribution in [0.4, 0.5) is 0 Å². The molecule has 2 rings (SSSR count). The van der Waals surface area contributed by atoms with E-state index in [4.69, 9.17) is 5.11 Å². The van der Waals surface area contributed by atoms with E-state index in [0.717, 1.165) is 16.8 Å². The predicted octanol–water partition coefficient (Wildman–Crippen LogP) is 1.88. The zero-order valence-electron chi connectivity index (χ0n) is 7.99. The maximum absolute atomic E-state index is 9.08. The number of aliphatic hydroxyl groups excluding tert-OH is 1. The average molecular weight is 188 g/mol. The monoisotopic (exact) mass is 188 g/mol. The zero-order valence-corrected chi connectivity index (χ0v) is 7.99. The smallest absolute Gasteiger partial charge is 0.0718 e. The molecule has 1 aromatic carbocycles. The van der Waals surface area contributed by atoms with Gasteiger partial charge in [0.2, 0.25) is 0 Å². The quantitative estimate of drug-likeness (QED) is 0.756. The van der Waals surface area contributed by atoms with Crippen molar-refractivity contribution in [3.05, 3.63) is 41.6 Å². The Morgan fingerprint density at radius 3 is 3.00 bits per heavy atom. The number of rotatable bonds is 2. The van der Waals surface area contributed by atoms with Crippen molar-refractivity contribution in [2.24, 2.45) is 0 Å². The van der Waals surface area contributed by atoms with Gasteiger partial charge in [0, 0.05) is 11.1 Å². The molecule has 72 valence electrons. The molecule has 0 bridgehead atoms. The van der Waals surface area contributed by atoms with Crippen LogP contribution in [-0.2, 0) is 6.61 Å². The Morgan fingerprint density at radius 2 is 2.29 bits per heavy atom. The average Bonchev–Trinajstić information content (AvgIpc) is 2.65. The summed E-state index contributed by atoms with van der Waals surface area (Å²) < 4.78 is 0. The fourth-order valence-electron chi connectivity index (χ4n) is 1.48. The summed E-state index contributed by atoms with van der Waals surface area (Å²) in [5.41, 5.74) is 3.99. The molecule has 1 heterocycles. The molecule has 1 aromatic heterocycles. The standard InChI is InChI=1S/C11H12N2O/c1-8-3-2-4-9(5-8)11-10(7-14)6-12-13-11/h2-6,14H,7H2,1H3,(H,12,13). The van der Waals surface area contributed by atoms with Gasteiger partial charge in [0.1, 0.15) is 0 Å². The molecule has 0 atom stereocenters. The van der Waals surface area contributed by atoms with Crippen LogP contribution >= 0.6 is 0 Å². The Bertz CT molecular complexity index is 434. The summed E-state index contributed by atoms with van der Waals surface area (Å²) in [6, 6.07) is 8.09. The van der Waals surface area contributed by atoms with Crippen molar-refractivity contribution in [3.8, 4) is 11.3 Å². The molecule has 2 N–H and O–H groups in total. The van der Waals surface area contributed by atoms with Crippen molar-refractivity contribution in [3.63, 3.8) is 0 Å². The second-order valence-electron chi connectivity index (χ2n) is 3.30. The maximum atomic E-state index is 9.08. The van der Waals surface area contributed by atoms with Gasteiger partial charge in [-0.05, 0) is 13.0 Å². The van der Waals surface area contributed by atoms with E-state index in [2.05, 4.69) is 16.3 Å². The number of aryl methyl sites for hydroxylation is 1. The molecule has 2 aromatic rings. The first kappa shape index (κ1) is 8.97. The van der Waals surface area contributed by atoms with E-state index in [1.807, 2.05) is 25.1 Å². The minimum Gasteiger partial charge on any atom is -0.392 e. The third kappa shape index (κ3) is 1.54. The molecule has 0 saturated heterocycles. The van der Waals surface area contributed by atoms with Crippen molar-refractivity contribution in [2.45, 2.75) is 13.5 Å². The van der Waals surface area contributed by atoms with Crippen LogP contribution in [0.25, 0.3) is 11.3 Å². The molecule has 14 heavy (non-hydrogen) atoms. The molecule has 0 radical (unpaired) electrons. The highest BCUT2D eigenvalue weighted by atomic mass is 16.3. The van der Waals surface area contributed by atoms with E-state index >= 15 is 0 Å². The predicted molar refractivity (Wildman–Crippen MR) is 54.7 cm³/mol. The molecule has 0 fully saturated rings. The van der Waals surface area contributed by atoms with Crippen LogP contribution in [0.15, 0.2) is 30.5 Å². The summed E-state index contributed by atoms with van der Waals surface area (Å²) in [7, 11) is 0. The van der Waals surface area contributed by atoms with Crippen molar-refractivity contribution in [1.82, 2.24) is 10.2 Å². The molecular formula is C11H12N2O. The first-order valence-electron chi connectivity index (χ1n) is 4.51. The maximum Gasteiger partial charge on any atom is 0.0718 e. The highest BCUT2D eigenvalue weighted by Crippen LogP contribution is 2.21. The topological polar surface area (TPSA) is 48.9 Å². The van der Waals surface area contributed by atoms with Crippen LogP contribution in [0.3, 0.4) is 0 Å². The van der Waals surface area contributed by atoms with Gasteiger partial charge in [-0.15, -0.1) is 0 Å². The second kappa shape index (κ2) is 3.64. The van der Waals surface area contributed by atoms with Gasteiger partial charge in [-0.1, -0.05) is 23.8 Å². The molecule has 0 spiro atoms. The number of aliphatic hydroxyl groups is 1. The molecule has 0 aliphatic carbocycles. The molecule has 3 heteroatoms. The van der Waals surface area contributed by atoms with Gasteiger partial charge in [-0.25, -0.2) is 0 Å². The van der Waals surface area contributed by atoms with Crippen LogP contribution in [0.1, 0.15) is 11.1 Å². The number of aromatic nitrogens is 2. The van der Waals surface area contributed by atoms with Crippen LogP contribution in [-0.4, -0.2) is 15.3 Å². The van der Waals surface area contributed by atoms with E-state index in [1.165, 1.54) is 5.56 Å². The fourth-order valence-corrected chi connectivity index (χ4v) is 1.48. The lowest BCUT2D eigenvalue weighted by molar-refractivity contribution is 0.282. The van der Waals surface area contributed by atoms with E-state index in [9.17, 15) is 0 Å². The number of aromatic amines is 1. The lowest BCUT2D eigenvalue weighted by Crippen LogP contribution is -1.86. The molecule has 0 aliphatic heterocycles. The highest BCUT2D eigenvalue weighted by Gasteiger charge is 2.05. The zero-order chi connectivity index (χ0) is 9.97. The van der Waals surface area contributed by atoms with Gasteiger partial charge < -0.3 is 5.11 Å². The normalized spacial score (nSPS) is 10.4. The molecule has 0 unspecified atom stereocenters. The van der Waals surface area contributed by atoms with Crippen molar-refractivity contribution in [1.29, 1.82) is 0 Å². The fraction of sp³-hybridized carbons (Fsp3) is 0.182. The Morgan fingerprint density at radius 1 is 1.43 bits per heavy atom. The van der Waals surface area contributed by atoms with Gasteiger partial charge in [0.25, 0.3) is 0 Å². The van der Waals surface area contributed by atoms with Gasteiger partial charge in [0.15, 0.2) is 0 Å². The lowest BCUT2D eigenvalue weighted by atomic mass is 10.1. The summed E-state index contributed by atoms with van der Waals surface area (Å²) in [6.07, 6.45) is 1.65. The second-order valence-corrected chi connectivity index (χ2v) is 3.30. The summed E-state index contributed by atoms with van der Waals surface area (Å²) in [5, 5.41) is 15.9. The number of nitrogens with zero attached hydrogens (tertiary/aromatic N) is 1. The van der Waals surface area contributed by atoms with E-state index in [1.54, 1.807) is 6.20 Å². The van der Waals surface area contributed by atoms with Crippen LogP contribution < -0.4 is 0 Å². The van der Waals surface area contributed by atoms with Crippen LogP contribution in [0, 0.1) is 6.92 Å². The molecular weight excluding hydrogens is 176 g/mol. The largest absolute Gasteiger partial charge is 0.392 e. The van der Waals surface area contributed by atoms with Gasteiger partial charge in [-0.3, -0.25) is 5.10 Å². The van der Waals surface area contributed by atoms with Crippen LogP contribution in [0.5, 0.6) is 0 Å². The Hall–Kier alpha value is -1.61. The van der Waals surface area contributed by atoms with E-state index < -0.39 is 0 Å². The number of hydrogen-bond acceptors (Lipinski definition) is 2. The minimum atomic E-state index is 0.0137. The summed E-state index contributed by atoms with van der Waals surface area (Å²) >= 11 is 0. The van der Waals surface area contributed by atoms with Crippen LogP contribution in [0.2, 0.25) is 0 Å². The third-order valence-corrected chi connectivity index (χ3v) is 2.19. The van der Waals surface area contributed by atoms with Crippen molar-refractivity contribution in [2.75, 3.05) is 0 Å². The first-order chi connectivity index (χ1) is 6.81. The van der Waals surface area contributed by atoms with E-state index in [0.29, 0.717) is 0 Å².